The van der Waals surface area contributed by atoms with E-state index in [9.17, 15) is 31.0 Å². The molecule has 2 saturated heterocycles. The fourth-order valence-corrected chi connectivity index (χ4v) is 8.37. The summed E-state index contributed by atoms with van der Waals surface area (Å²) >= 11 is 6.94. The summed E-state index contributed by atoms with van der Waals surface area (Å²) in [6.45, 7) is 7.39. The molecule has 0 saturated carbocycles. The summed E-state index contributed by atoms with van der Waals surface area (Å²) in [7, 11) is -2.01. The fourth-order valence-electron chi connectivity index (χ4n) is 5.49. The van der Waals surface area contributed by atoms with Gasteiger partial charge in [-0.15, -0.1) is 11.3 Å². The monoisotopic (exact) mass is 689 g/mol. The number of benzene rings is 1. The van der Waals surface area contributed by atoms with Crippen LogP contribution in [0.1, 0.15) is 31.4 Å². The van der Waals surface area contributed by atoms with Crippen LogP contribution in [-0.4, -0.2) is 75.5 Å². The molecule has 2 atom stereocenters. The molecule has 1 aromatic carbocycles. The van der Waals surface area contributed by atoms with Gasteiger partial charge in [0.1, 0.15) is 27.1 Å². The molecule has 2 aliphatic heterocycles. The van der Waals surface area contributed by atoms with Crippen molar-refractivity contribution in [3.8, 4) is 11.3 Å². The molecule has 2 aliphatic rings. The number of piperazine rings is 1. The van der Waals surface area contributed by atoms with Gasteiger partial charge in [-0.1, -0.05) is 37.6 Å². The van der Waals surface area contributed by atoms with Gasteiger partial charge in [0.15, 0.2) is 0 Å². The van der Waals surface area contributed by atoms with Crippen LogP contribution in [0.3, 0.4) is 0 Å². The lowest BCUT2D eigenvalue weighted by Gasteiger charge is -2.36. The number of alkyl halides is 5. The van der Waals surface area contributed by atoms with Gasteiger partial charge in [0.2, 0.25) is 5.91 Å². The van der Waals surface area contributed by atoms with E-state index >= 15 is 0 Å². The third-order valence-corrected chi connectivity index (χ3v) is 10.6. The van der Waals surface area contributed by atoms with E-state index in [0.717, 1.165) is 47.4 Å². The summed E-state index contributed by atoms with van der Waals surface area (Å²) in [6.07, 6.45) is -5.27. The first-order valence-corrected chi connectivity index (χ1v) is 16.7. The first kappa shape index (κ1) is 33.7. The summed E-state index contributed by atoms with van der Waals surface area (Å²) in [4.78, 5) is 22.5. The molecular formula is C30H33ClF5N5O2S2. The third-order valence-electron chi connectivity index (χ3n) is 7.63. The van der Waals surface area contributed by atoms with Crippen LogP contribution in [0.4, 0.5) is 27.8 Å². The Bertz CT molecular complexity index is 1530. The van der Waals surface area contributed by atoms with Crippen LogP contribution < -0.4 is 10.2 Å². The lowest BCUT2D eigenvalue weighted by Crippen LogP contribution is -2.47. The summed E-state index contributed by atoms with van der Waals surface area (Å²) < 4.78 is 83.3. The number of nitrogens with zero attached hydrogens (tertiary/aromatic N) is 4. The quantitative estimate of drug-likeness (QED) is 0.267. The number of halogens is 6. The molecule has 2 unspecified atom stereocenters. The van der Waals surface area contributed by atoms with E-state index in [0.29, 0.717) is 46.0 Å². The van der Waals surface area contributed by atoms with Gasteiger partial charge in [-0.3, -0.25) is 9.69 Å². The Balaban J connectivity index is 1.37. The molecule has 0 aliphatic carbocycles. The number of carbonyl (C=O) groups excluding carboxylic acids is 1. The maximum Gasteiger partial charge on any atom is 0.416 e. The summed E-state index contributed by atoms with van der Waals surface area (Å²) in [6, 6.07) is 9.79. The van der Waals surface area contributed by atoms with Crippen molar-refractivity contribution in [3.63, 3.8) is 0 Å². The number of pyridine rings is 1. The number of rotatable bonds is 9. The number of amides is 1. The molecule has 4 heterocycles. The van der Waals surface area contributed by atoms with Gasteiger partial charge in [0, 0.05) is 51.3 Å². The lowest BCUT2D eigenvalue weighted by atomic mass is 10.1. The molecule has 5 rings (SSSR count). The van der Waals surface area contributed by atoms with Crippen molar-refractivity contribution in [2.45, 2.75) is 49.2 Å². The van der Waals surface area contributed by atoms with Crippen molar-refractivity contribution in [1.29, 1.82) is 0 Å². The Morgan fingerprint density at radius 1 is 1.11 bits per heavy atom. The minimum atomic E-state index is -4.48. The van der Waals surface area contributed by atoms with Crippen molar-refractivity contribution in [2.75, 3.05) is 44.2 Å². The smallest absolute Gasteiger partial charge is 0.354 e. The number of anilines is 1. The van der Waals surface area contributed by atoms with Gasteiger partial charge in [0.05, 0.1) is 22.1 Å². The van der Waals surface area contributed by atoms with Gasteiger partial charge in [-0.2, -0.15) is 13.2 Å². The van der Waals surface area contributed by atoms with Crippen LogP contribution in [0.25, 0.3) is 11.3 Å². The van der Waals surface area contributed by atoms with Crippen LogP contribution in [0.5, 0.6) is 0 Å². The van der Waals surface area contributed by atoms with Crippen LogP contribution >= 0.6 is 22.9 Å². The van der Waals surface area contributed by atoms with Gasteiger partial charge in [-0.25, -0.2) is 22.3 Å². The molecular weight excluding hydrogens is 657 g/mol. The van der Waals surface area contributed by atoms with Crippen LogP contribution in [0.15, 0.2) is 52.7 Å². The summed E-state index contributed by atoms with van der Waals surface area (Å²) in [5.74, 6) is -2.80. The average Bonchev–Trinajstić information content (AvgIpc) is 3.57. The SMILES string of the molecule is CC(C)CN1CCN(c2cc(CNC(=O)C3CC(F)(F)CN3S(=O)c3ccc(Cl)s3)cc(-c3ccc(C(F)(F)F)cc3)n2)CC1. The standard InChI is InChI=1S/C30H33ClF5N5O2S2/c1-19(2)17-39-9-11-40(12-10-39)26-14-20(13-23(38-26)21-3-5-22(6-4-21)30(34,35)36)16-37-28(42)24-15-29(32,33)18-41(24)45(43)27-8-7-25(31)44-27/h3-8,13-14,19,24H,9-12,15-18H2,1-2H3,(H,37,42). The number of aromatic nitrogens is 1. The number of thiophene rings is 1. The average molecular weight is 690 g/mol. The molecule has 2 fully saturated rings. The largest absolute Gasteiger partial charge is 0.416 e. The Morgan fingerprint density at radius 3 is 2.40 bits per heavy atom. The highest BCUT2D eigenvalue weighted by molar-refractivity contribution is 7.85. The van der Waals surface area contributed by atoms with Gasteiger partial charge < -0.3 is 10.2 Å². The maximum absolute atomic E-state index is 14.5. The molecule has 244 valence electrons. The second kappa shape index (κ2) is 13.6. The van der Waals surface area contributed by atoms with Crippen molar-refractivity contribution >= 4 is 45.6 Å². The first-order valence-electron chi connectivity index (χ1n) is 14.4. The molecule has 45 heavy (non-hydrogen) atoms. The molecule has 15 heteroatoms. The van der Waals surface area contributed by atoms with E-state index < -0.39 is 53.6 Å². The van der Waals surface area contributed by atoms with E-state index in [4.69, 9.17) is 16.6 Å². The fraction of sp³-hybridized carbons (Fsp3) is 0.467. The van der Waals surface area contributed by atoms with E-state index in [-0.39, 0.29) is 10.8 Å². The van der Waals surface area contributed by atoms with Crippen molar-refractivity contribution < 1.29 is 31.0 Å². The molecule has 0 bridgehead atoms. The Kier molecular flexibility index (Phi) is 10.2. The molecule has 2 aromatic heterocycles. The molecule has 7 nitrogen and oxygen atoms in total. The second-order valence-corrected chi connectivity index (χ2v) is 15.0. The topological polar surface area (TPSA) is 68.8 Å². The summed E-state index contributed by atoms with van der Waals surface area (Å²) in [5.41, 5.74) is 0.689. The minimum Gasteiger partial charge on any atom is -0.354 e. The lowest BCUT2D eigenvalue weighted by molar-refractivity contribution is -0.137. The zero-order valence-corrected chi connectivity index (χ0v) is 27.0. The first-order chi connectivity index (χ1) is 21.2. The Hall–Kier alpha value is -2.65. The van der Waals surface area contributed by atoms with Gasteiger partial charge >= 0.3 is 6.18 Å². The number of hydrogen-bond acceptors (Lipinski definition) is 6. The van der Waals surface area contributed by atoms with E-state index in [2.05, 4.69) is 29.0 Å². The molecule has 0 radical (unpaired) electrons. The predicted octanol–water partition coefficient (Wildman–Crippen LogP) is 6.31. The van der Waals surface area contributed by atoms with Crippen molar-refractivity contribution in [2.24, 2.45) is 5.92 Å². The zero-order chi connectivity index (χ0) is 32.5. The van der Waals surface area contributed by atoms with Crippen LogP contribution in [0.2, 0.25) is 4.34 Å². The number of nitrogens with one attached hydrogen (secondary N) is 1. The van der Waals surface area contributed by atoms with Gasteiger partial charge in [-0.05, 0) is 47.9 Å². The third kappa shape index (κ3) is 8.39. The van der Waals surface area contributed by atoms with Crippen LogP contribution in [0, 0.1) is 5.92 Å². The molecule has 3 aromatic rings. The number of hydrogen-bond donors (Lipinski definition) is 1. The highest BCUT2D eigenvalue weighted by atomic mass is 35.5. The minimum absolute atomic E-state index is 0.0529. The van der Waals surface area contributed by atoms with E-state index in [1.54, 1.807) is 12.1 Å². The highest BCUT2D eigenvalue weighted by Gasteiger charge is 2.50. The van der Waals surface area contributed by atoms with Crippen LogP contribution in [-0.2, 0) is 28.5 Å². The molecule has 1 N–H and O–H groups in total. The number of carbonyl (C=O) groups is 1. The summed E-state index contributed by atoms with van der Waals surface area (Å²) in [5, 5.41) is 2.71. The Morgan fingerprint density at radius 2 is 1.80 bits per heavy atom. The predicted molar refractivity (Wildman–Crippen MR) is 166 cm³/mol. The normalized spacial score (nSPS) is 20.1. The van der Waals surface area contributed by atoms with E-state index in [1.165, 1.54) is 24.3 Å². The van der Waals surface area contributed by atoms with Crippen molar-refractivity contribution in [3.05, 3.63) is 64.0 Å². The maximum atomic E-state index is 14.5. The second-order valence-electron chi connectivity index (χ2n) is 11.7. The molecule has 0 spiro atoms. The van der Waals surface area contributed by atoms with Gasteiger partial charge in [0.25, 0.3) is 5.92 Å². The van der Waals surface area contributed by atoms with E-state index in [1.807, 2.05) is 0 Å². The Labute approximate surface area is 269 Å². The van der Waals surface area contributed by atoms with Crippen molar-refractivity contribution in [1.82, 2.24) is 19.5 Å². The molecule has 1 amide bonds. The highest BCUT2D eigenvalue weighted by Crippen LogP contribution is 2.37. The zero-order valence-electron chi connectivity index (χ0n) is 24.6.